The molecule has 1 heterocycles. The predicted octanol–water partition coefficient (Wildman–Crippen LogP) is 5.06. The first kappa shape index (κ1) is 19.5. The van der Waals surface area contributed by atoms with Crippen molar-refractivity contribution in [3.8, 4) is 5.75 Å². The Morgan fingerprint density at radius 3 is 2.74 bits per heavy atom. The number of amides is 1. The molecule has 27 heavy (non-hydrogen) atoms. The molecule has 6 nitrogen and oxygen atoms in total. The van der Waals surface area contributed by atoms with Crippen LogP contribution in [-0.4, -0.2) is 28.5 Å². The molecular formula is C18H17ClN4O2S2. The topological polar surface area (TPSA) is 76.1 Å². The molecule has 140 valence electrons. The second-order valence-corrected chi connectivity index (χ2v) is 8.17. The van der Waals surface area contributed by atoms with E-state index in [0.29, 0.717) is 16.8 Å². The fourth-order valence-corrected chi connectivity index (χ4v) is 3.93. The van der Waals surface area contributed by atoms with Gasteiger partial charge in [0.2, 0.25) is 11.0 Å². The summed E-state index contributed by atoms with van der Waals surface area (Å²) in [5.41, 5.74) is 1.56. The third kappa shape index (κ3) is 6.42. The summed E-state index contributed by atoms with van der Waals surface area (Å²) in [7, 11) is 0. The summed E-state index contributed by atoms with van der Waals surface area (Å²) >= 11 is 8.89. The Kier molecular flexibility index (Phi) is 6.92. The van der Waals surface area contributed by atoms with Gasteiger partial charge in [-0.3, -0.25) is 4.79 Å². The summed E-state index contributed by atoms with van der Waals surface area (Å²) < 4.78 is 6.51. The number of ether oxygens (including phenoxy) is 1. The number of rotatable bonds is 8. The van der Waals surface area contributed by atoms with E-state index in [9.17, 15) is 4.79 Å². The summed E-state index contributed by atoms with van der Waals surface area (Å²) in [6.45, 7) is 2.04. The first-order valence-corrected chi connectivity index (χ1v) is 10.3. The summed E-state index contributed by atoms with van der Waals surface area (Å²) in [6, 6.07) is 14.7. The van der Waals surface area contributed by atoms with Crippen LogP contribution in [0.1, 0.15) is 6.92 Å². The van der Waals surface area contributed by atoms with Crippen LogP contribution in [0, 0.1) is 0 Å². The van der Waals surface area contributed by atoms with E-state index in [1.165, 1.54) is 18.3 Å². The smallest absolute Gasteiger partial charge is 0.221 e. The zero-order valence-corrected chi connectivity index (χ0v) is 16.8. The molecule has 0 fully saturated rings. The van der Waals surface area contributed by atoms with E-state index in [-0.39, 0.29) is 5.91 Å². The van der Waals surface area contributed by atoms with Gasteiger partial charge in [-0.1, -0.05) is 40.8 Å². The maximum absolute atomic E-state index is 11.1. The average Bonchev–Trinajstić information content (AvgIpc) is 3.07. The quantitative estimate of drug-likeness (QED) is 0.391. The molecule has 0 aliphatic carbocycles. The van der Waals surface area contributed by atoms with Crippen molar-refractivity contribution in [2.24, 2.45) is 0 Å². The van der Waals surface area contributed by atoms with Crippen LogP contribution in [0.4, 0.5) is 16.5 Å². The number of thioether (sulfide) groups is 1. The van der Waals surface area contributed by atoms with Gasteiger partial charge < -0.3 is 15.4 Å². The van der Waals surface area contributed by atoms with Crippen LogP contribution in [0.5, 0.6) is 5.75 Å². The second-order valence-electron chi connectivity index (χ2n) is 5.41. The van der Waals surface area contributed by atoms with Gasteiger partial charge in [0, 0.05) is 29.1 Å². The molecular weight excluding hydrogens is 404 g/mol. The molecule has 9 heteroatoms. The maximum atomic E-state index is 11.1. The molecule has 0 radical (unpaired) electrons. The van der Waals surface area contributed by atoms with Crippen LogP contribution in [0.25, 0.3) is 0 Å². The van der Waals surface area contributed by atoms with E-state index >= 15 is 0 Å². The van der Waals surface area contributed by atoms with E-state index in [1.54, 1.807) is 23.9 Å². The van der Waals surface area contributed by atoms with Crippen LogP contribution < -0.4 is 15.4 Å². The number of halogens is 1. The molecule has 0 aliphatic heterocycles. The van der Waals surface area contributed by atoms with Gasteiger partial charge in [0.05, 0.1) is 6.61 Å². The number of hydrogen-bond donors (Lipinski definition) is 2. The molecule has 3 aromatic rings. The van der Waals surface area contributed by atoms with Crippen LogP contribution in [0.2, 0.25) is 5.02 Å². The summed E-state index contributed by atoms with van der Waals surface area (Å²) in [5.74, 6) is 1.44. The Labute approximate surface area is 170 Å². The van der Waals surface area contributed by atoms with Crippen molar-refractivity contribution < 1.29 is 9.53 Å². The Morgan fingerprint density at radius 1 is 1.19 bits per heavy atom. The van der Waals surface area contributed by atoms with E-state index < -0.39 is 0 Å². The van der Waals surface area contributed by atoms with Gasteiger partial charge in [-0.25, -0.2) is 0 Å². The lowest BCUT2D eigenvalue weighted by molar-refractivity contribution is -0.114. The van der Waals surface area contributed by atoms with Crippen LogP contribution in [0.3, 0.4) is 0 Å². The zero-order chi connectivity index (χ0) is 19.1. The van der Waals surface area contributed by atoms with Gasteiger partial charge in [0.15, 0.2) is 4.34 Å². The van der Waals surface area contributed by atoms with E-state index in [1.807, 2.05) is 36.4 Å². The van der Waals surface area contributed by atoms with E-state index in [2.05, 4.69) is 20.8 Å². The van der Waals surface area contributed by atoms with Crippen molar-refractivity contribution in [2.75, 3.05) is 23.0 Å². The third-order valence-corrected chi connectivity index (χ3v) is 5.42. The Hall–Kier alpha value is -2.29. The number of carbonyl (C=O) groups is 1. The second kappa shape index (κ2) is 9.59. The minimum Gasteiger partial charge on any atom is -0.493 e. The standard InChI is InChI=1S/C18H17ClN4O2S2/c1-12(24)20-14-3-2-4-15(11-14)21-17-22-23-18(27-17)26-10-9-25-16-7-5-13(19)6-8-16/h2-8,11H,9-10H2,1H3,(H,20,24)(H,21,22). The maximum Gasteiger partial charge on any atom is 0.221 e. The molecule has 0 saturated heterocycles. The molecule has 0 atom stereocenters. The lowest BCUT2D eigenvalue weighted by Gasteiger charge is -2.05. The SMILES string of the molecule is CC(=O)Nc1cccc(Nc2nnc(SCCOc3ccc(Cl)cc3)s2)c1. The molecule has 1 amide bonds. The fraction of sp³-hybridized carbons (Fsp3) is 0.167. The fourth-order valence-electron chi connectivity index (χ4n) is 2.14. The molecule has 2 N–H and O–H groups in total. The number of anilines is 3. The number of benzene rings is 2. The minimum atomic E-state index is -0.109. The van der Waals surface area contributed by atoms with Gasteiger partial charge in [-0.2, -0.15) is 0 Å². The zero-order valence-electron chi connectivity index (χ0n) is 14.4. The molecule has 0 unspecified atom stereocenters. The van der Waals surface area contributed by atoms with Gasteiger partial charge in [0.25, 0.3) is 0 Å². The van der Waals surface area contributed by atoms with Crippen LogP contribution in [0.15, 0.2) is 52.9 Å². The molecule has 1 aromatic heterocycles. The van der Waals surface area contributed by atoms with Gasteiger partial charge in [0.1, 0.15) is 5.75 Å². The largest absolute Gasteiger partial charge is 0.493 e. The van der Waals surface area contributed by atoms with Crippen LogP contribution in [-0.2, 0) is 4.79 Å². The number of nitrogens with zero attached hydrogens (tertiary/aromatic N) is 2. The Bertz CT molecular complexity index is 902. The first-order valence-electron chi connectivity index (χ1n) is 8.08. The third-order valence-electron chi connectivity index (χ3n) is 3.23. The molecule has 0 spiro atoms. The molecule has 3 rings (SSSR count). The molecule has 0 saturated carbocycles. The lowest BCUT2D eigenvalue weighted by Crippen LogP contribution is -2.05. The van der Waals surface area contributed by atoms with Crippen molar-refractivity contribution in [1.29, 1.82) is 0 Å². The van der Waals surface area contributed by atoms with Crippen LogP contribution >= 0.6 is 34.7 Å². The molecule has 0 aliphatic rings. The van der Waals surface area contributed by atoms with Crippen molar-refractivity contribution in [1.82, 2.24) is 10.2 Å². The molecule has 2 aromatic carbocycles. The van der Waals surface area contributed by atoms with Gasteiger partial charge in [-0.05, 0) is 42.5 Å². The predicted molar refractivity (Wildman–Crippen MR) is 112 cm³/mol. The number of carbonyl (C=O) groups excluding carboxylic acids is 1. The summed E-state index contributed by atoms with van der Waals surface area (Å²) in [5, 5.41) is 15.6. The highest BCUT2D eigenvalue weighted by atomic mass is 35.5. The monoisotopic (exact) mass is 420 g/mol. The number of aromatic nitrogens is 2. The summed E-state index contributed by atoms with van der Waals surface area (Å²) in [6.07, 6.45) is 0. The first-order chi connectivity index (χ1) is 13.1. The Balaban J connectivity index is 1.47. The van der Waals surface area contributed by atoms with E-state index in [0.717, 1.165) is 27.2 Å². The van der Waals surface area contributed by atoms with Crippen molar-refractivity contribution in [3.63, 3.8) is 0 Å². The van der Waals surface area contributed by atoms with Gasteiger partial charge >= 0.3 is 0 Å². The highest BCUT2D eigenvalue weighted by molar-refractivity contribution is 8.01. The normalized spacial score (nSPS) is 10.4. The molecule has 0 bridgehead atoms. The Morgan fingerprint density at radius 2 is 1.96 bits per heavy atom. The highest BCUT2D eigenvalue weighted by Gasteiger charge is 2.06. The van der Waals surface area contributed by atoms with Gasteiger partial charge in [-0.15, -0.1) is 10.2 Å². The number of nitrogens with one attached hydrogen (secondary N) is 2. The van der Waals surface area contributed by atoms with Crippen molar-refractivity contribution in [2.45, 2.75) is 11.3 Å². The minimum absolute atomic E-state index is 0.109. The van der Waals surface area contributed by atoms with Crippen molar-refractivity contribution >= 4 is 57.1 Å². The van der Waals surface area contributed by atoms with Crippen molar-refractivity contribution in [3.05, 3.63) is 53.6 Å². The summed E-state index contributed by atoms with van der Waals surface area (Å²) in [4.78, 5) is 11.1. The lowest BCUT2D eigenvalue weighted by atomic mass is 10.3. The highest BCUT2D eigenvalue weighted by Crippen LogP contribution is 2.28. The average molecular weight is 421 g/mol. The van der Waals surface area contributed by atoms with E-state index in [4.69, 9.17) is 16.3 Å². The number of hydrogen-bond acceptors (Lipinski definition) is 7.